The van der Waals surface area contributed by atoms with Crippen molar-refractivity contribution in [2.45, 2.75) is 96.4 Å². The van der Waals surface area contributed by atoms with Crippen LogP contribution in [-0.2, 0) is 9.59 Å². The van der Waals surface area contributed by atoms with Crippen LogP contribution < -0.4 is 0 Å². The Morgan fingerprint density at radius 2 is 1.34 bits per heavy atom. The molecule has 0 atom stereocenters. The van der Waals surface area contributed by atoms with E-state index in [1.54, 1.807) is 0 Å². The Kier molecular flexibility index (Phi) is 9.29. The second kappa shape index (κ2) is 11.9. The highest BCUT2D eigenvalue weighted by Gasteiger charge is 2.33. The Morgan fingerprint density at radius 1 is 0.724 bits per heavy atom. The van der Waals surface area contributed by atoms with E-state index in [0.29, 0.717) is 17.9 Å². The summed E-state index contributed by atoms with van der Waals surface area (Å²) in [5, 5.41) is 0. The topological polar surface area (TPSA) is 43.9 Å². The third-order valence-electron chi connectivity index (χ3n) is 7.37. The molecule has 0 aromatic heterocycles. The molecule has 29 heavy (non-hydrogen) atoms. The van der Waals surface area contributed by atoms with Gasteiger partial charge < -0.3 is 14.7 Å². The smallest absolute Gasteiger partial charge is 0.225 e. The Morgan fingerprint density at radius 3 is 2.00 bits per heavy atom. The second-order valence-corrected chi connectivity index (χ2v) is 9.47. The molecule has 3 heterocycles. The molecule has 166 valence electrons. The maximum Gasteiger partial charge on any atom is 0.225 e. The van der Waals surface area contributed by atoms with Crippen molar-refractivity contribution in [3.05, 3.63) is 0 Å². The third kappa shape index (κ3) is 6.70. The summed E-state index contributed by atoms with van der Waals surface area (Å²) in [6.07, 6.45) is 14.8. The van der Waals surface area contributed by atoms with Crippen molar-refractivity contribution < 1.29 is 9.59 Å². The summed E-state index contributed by atoms with van der Waals surface area (Å²) in [6.45, 7) is 8.15. The number of hydrogen-bond acceptors (Lipinski definition) is 3. The number of nitrogens with zero attached hydrogens (tertiary/aromatic N) is 3. The van der Waals surface area contributed by atoms with Crippen molar-refractivity contribution in [3.63, 3.8) is 0 Å². The number of carbonyl (C=O) groups excluding carboxylic acids is 2. The maximum atomic E-state index is 12.6. The normalized spacial score (nSPS) is 22.4. The number of carbonyl (C=O) groups is 2. The highest BCUT2D eigenvalue weighted by atomic mass is 16.2. The van der Waals surface area contributed by atoms with Gasteiger partial charge in [0.25, 0.3) is 0 Å². The van der Waals surface area contributed by atoms with Gasteiger partial charge in [0.2, 0.25) is 11.8 Å². The highest BCUT2D eigenvalue weighted by Crippen LogP contribution is 2.26. The van der Waals surface area contributed by atoms with Crippen LogP contribution in [0.5, 0.6) is 0 Å². The van der Waals surface area contributed by atoms with Gasteiger partial charge in [0.15, 0.2) is 0 Å². The minimum Gasteiger partial charge on any atom is -0.343 e. The van der Waals surface area contributed by atoms with Gasteiger partial charge in [0, 0.05) is 44.6 Å². The van der Waals surface area contributed by atoms with Crippen LogP contribution in [0, 0.1) is 5.92 Å². The first-order chi connectivity index (χ1) is 14.2. The van der Waals surface area contributed by atoms with Crippen molar-refractivity contribution in [3.8, 4) is 0 Å². The molecule has 0 bridgehead atoms. The summed E-state index contributed by atoms with van der Waals surface area (Å²) in [5.74, 6) is 1.04. The van der Waals surface area contributed by atoms with Gasteiger partial charge in [-0.25, -0.2) is 0 Å². The molecule has 0 N–H and O–H groups in total. The largest absolute Gasteiger partial charge is 0.343 e. The maximum absolute atomic E-state index is 12.6. The van der Waals surface area contributed by atoms with Crippen LogP contribution >= 0.6 is 0 Å². The zero-order chi connectivity index (χ0) is 20.5. The van der Waals surface area contributed by atoms with E-state index in [0.717, 1.165) is 77.8 Å². The quantitative estimate of drug-likeness (QED) is 0.543. The van der Waals surface area contributed by atoms with E-state index in [2.05, 4.69) is 21.6 Å². The van der Waals surface area contributed by atoms with Gasteiger partial charge in [-0.2, -0.15) is 0 Å². The van der Waals surface area contributed by atoms with Gasteiger partial charge in [-0.3, -0.25) is 9.59 Å². The number of unbranched alkanes of at least 4 members (excludes halogenated alkanes) is 5. The van der Waals surface area contributed by atoms with Crippen LogP contribution in [0.25, 0.3) is 0 Å². The second-order valence-electron chi connectivity index (χ2n) is 9.47. The lowest BCUT2D eigenvalue weighted by molar-refractivity contribution is -0.137. The van der Waals surface area contributed by atoms with Crippen LogP contribution in [0.15, 0.2) is 0 Å². The van der Waals surface area contributed by atoms with Crippen molar-refractivity contribution >= 4 is 11.8 Å². The molecule has 0 radical (unpaired) electrons. The van der Waals surface area contributed by atoms with Crippen molar-refractivity contribution in [2.75, 3.05) is 39.3 Å². The minimum absolute atomic E-state index is 0.253. The molecule has 3 aliphatic rings. The molecule has 3 rings (SSSR count). The van der Waals surface area contributed by atoms with Gasteiger partial charge in [-0.05, 0) is 58.0 Å². The zero-order valence-electron chi connectivity index (χ0n) is 18.7. The molecule has 0 aliphatic carbocycles. The summed E-state index contributed by atoms with van der Waals surface area (Å²) < 4.78 is 0. The first-order valence-electron chi connectivity index (χ1n) is 12.5. The molecule has 3 saturated heterocycles. The zero-order valence-corrected chi connectivity index (χ0v) is 18.7. The summed E-state index contributed by atoms with van der Waals surface area (Å²) in [5.41, 5.74) is 0. The molecule has 3 aliphatic heterocycles. The van der Waals surface area contributed by atoms with Crippen LogP contribution in [0.4, 0.5) is 0 Å². The molecule has 3 fully saturated rings. The van der Waals surface area contributed by atoms with Gasteiger partial charge >= 0.3 is 0 Å². The number of piperidine rings is 2. The lowest BCUT2D eigenvalue weighted by atomic mass is 9.92. The molecule has 0 aromatic carbocycles. The minimum atomic E-state index is 0.253. The predicted molar refractivity (Wildman–Crippen MR) is 118 cm³/mol. The van der Waals surface area contributed by atoms with E-state index in [9.17, 15) is 9.59 Å². The molecule has 0 spiro atoms. The third-order valence-corrected chi connectivity index (χ3v) is 7.37. The van der Waals surface area contributed by atoms with E-state index in [4.69, 9.17) is 0 Å². The van der Waals surface area contributed by atoms with Crippen molar-refractivity contribution in [1.82, 2.24) is 14.7 Å². The van der Waals surface area contributed by atoms with Crippen molar-refractivity contribution in [1.29, 1.82) is 0 Å². The van der Waals surface area contributed by atoms with Gasteiger partial charge in [-0.1, -0.05) is 39.0 Å². The molecular weight excluding hydrogens is 362 g/mol. The van der Waals surface area contributed by atoms with E-state index in [1.807, 2.05) is 0 Å². The molecule has 5 nitrogen and oxygen atoms in total. The standard InChI is InChI=1S/C24H43N3O2/c1-2-3-4-5-6-7-10-23(28)26-19-13-22(14-20-26)25-17-11-21(12-18-25)24(29)27-15-8-9-16-27/h21-22H,2-20H2,1H3. The molecule has 0 unspecified atom stereocenters. The molecule has 0 aromatic rings. The van der Waals surface area contributed by atoms with Crippen LogP contribution in [0.1, 0.15) is 90.4 Å². The Balaban J connectivity index is 1.29. The van der Waals surface area contributed by atoms with E-state index in [-0.39, 0.29) is 5.92 Å². The van der Waals surface area contributed by atoms with E-state index in [1.165, 1.54) is 44.9 Å². The molecular formula is C24H43N3O2. The van der Waals surface area contributed by atoms with Gasteiger partial charge in [-0.15, -0.1) is 0 Å². The summed E-state index contributed by atoms with van der Waals surface area (Å²) in [7, 11) is 0. The SMILES string of the molecule is CCCCCCCCC(=O)N1CCC(N2CCC(C(=O)N3CCCC3)CC2)CC1. The molecule has 2 amide bonds. The van der Waals surface area contributed by atoms with Gasteiger partial charge in [0.1, 0.15) is 0 Å². The lowest BCUT2D eigenvalue weighted by Gasteiger charge is -2.42. The summed E-state index contributed by atoms with van der Waals surface area (Å²) in [4.78, 5) is 31.9. The monoisotopic (exact) mass is 405 g/mol. The summed E-state index contributed by atoms with van der Waals surface area (Å²) >= 11 is 0. The summed E-state index contributed by atoms with van der Waals surface area (Å²) in [6, 6.07) is 0.607. The Bertz CT molecular complexity index is 502. The fourth-order valence-electron chi connectivity index (χ4n) is 5.40. The molecule has 0 saturated carbocycles. The Hall–Kier alpha value is -1.10. The number of amides is 2. The Labute approximate surface area is 178 Å². The average Bonchev–Trinajstić information content (AvgIpc) is 3.31. The van der Waals surface area contributed by atoms with Crippen molar-refractivity contribution in [2.24, 2.45) is 5.92 Å². The molecule has 5 heteroatoms. The lowest BCUT2D eigenvalue weighted by Crippen LogP contribution is -2.50. The van der Waals surface area contributed by atoms with E-state index < -0.39 is 0 Å². The highest BCUT2D eigenvalue weighted by molar-refractivity contribution is 5.79. The number of rotatable bonds is 9. The first-order valence-corrected chi connectivity index (χ1v) is 12.5. The predicted octanol–water partition coefficient (Wildman–Crippen LogP) is 4.06. The van der Waals surface area contributed by atoms with Crippen LogP contribution in [0.3, 0.4) is 0 Å². The number of likely N-dealkylation sites (tertiary alicyclic amines) is 3. The van der Waals surface area contributed by atoms with E-state index >= 15 is 0 Å². The fraction of sp³-hybridized carbons (Fsp3) is 0.917. The van der Waals surface area contributed by atoms with Crippen LogP contribution in [0.2, 0.25) is 0 Å². The average molecular weight is 406 g/mol. The van der Waals surface area contributed by atoms with Gasteiger partial charge in [0.05, 0.1) is 0 Å². The fourth-order valence-corrected chi connectivity index (χ4v) is 5.40. The van der Waals surface area contributed by atoms with Crippen LogP contribution in [-0.4, -0.2) is 71.8 Å². The number of hydrogen-bond donors (Lipinski definition) is 0. The first kappa shape index (κ1) is 22.6.